The van der Waals surface area contributed by atoms with E-state index < -0.39 is 32.5 Å². The number of hydrogen-bond acceptors (Lipinski definition) is 3. The zero-order valence-electron chi connectivity index (χ0n) is 12.2. The summed E-state index contributed by atoms with van der Waals surface area (Å²) < 4.78 is 77.1. The summed E-state index contributed by atoms with van der Waals surface area (Å²) in [6, 6.07) is 1.66. The van der Waals surface area contributed by atoms with Gasteiger partial charge in [0.2, 0.25) is 10.0 Å². The first-order chi connectivity index (χ1) is 10.2. The van der Waals surface area contributed by atoms with Gasteiger partial charge in [0.05, 0.1) is 10.5 Å². The molecule has 1 atom stereocenters. The molecule has 1 aromatic rings. The molecule has 0 aliphatic carbocycles. The van der Waals surface area contributed by atoms with Crippen LogP contribution < -0.4 is 5.32 Å². The molecule has 1 aliphatic heterocycles. The molecule has 1 fully saturated rings. The average Bonchev–Trinajstić information content (AvgIpc) is 2.45. The first-order valence-electron chi connectivity index (χ1n) is 6.70. The van der Waals surface area contributed by atoms with Gasteiger partial charge < -0.3 is 5.32 Å². The van der Waals surface area contributed by atoms with Crippen molar-refractivity contribution < 1.29 is 26.0 Å². The van der Waals surface area contributed by atoms with E-state index in [1.807, 2.05) is 0 Å². The van der Waals surface area contributed by atoms with Gasteiger partial charge in [0.15, 0.2) is 0 Å². The first kappa shape index (κ1) is 20.1. The Morgan fingerprint density at radius 2 is 1.96 bits per heavy atom. The maximum absolute atomic E-state index is 13.6. The Bertz CT molecular complexity index is 652. The molecule has 1 aromatic carbocycles. The highest BCUT2D eigenvalue weighted by atomic mass is 35.5. The summed E-state index contributed by atoms with van der Waals surface area (Å²) in [6.07, 6.45) is -3.41. The first-order valence-corrected chi connectivity index (χ1v) is 8.14. The van der Waals surface area contributed by atoms with E-state index in [0.717, 1.165) is 12.5 Å². The third-order valence-electron chi connectivity index (χ3n) is 3.68. The molecule has 0 radical (unpaired) electrons. The maximum atomic E-state index is 13.6. The van der Waals surface area contributed by atoms with E-state index in [0.29, 0.717) is 18.6 Å². The standard InChI is InChI=1S/C13H16F4N2O2S.ClH/c1-18-9-3-2-6-19(8-9)22(20,21)10-4-5-11(12(14)7-10)13(15,16)17;/h4-5,7,9,18H,2-3,6,8H2,1H3;1H. The molecule has 0 saturated carbocycles. The summed E-state index contributed by atoms with van der Waals surface area (Å²) in [7, 11) is -2.30. The summed E-state index contributed by atoms with van der Waals surface area (Å²) >= 11 is 0. The summed E-state index contributed by atoms with van der Waals surface area (Å²) in [5.74, 6) is -1.59. The summed E-state index contributed by atoms with van der Waals surface area (Å²) in [5.41, 5.74) is -1.47. The molecule has 132 valence electrons. The minimum Gasteiger partial charge on any atom is -0.316 e. The Labute approximate surface area is 138 Å². The SMILES string of the molecule is CNC1CCCN(S(=O)(=O)c2ccc(C(F)(F)F)c(F)c2)C1.Cl. The van der Waals surface area contributed by atoms with Crippen molar-refractivity contribution in [1.82, 2.24) is 9.62 Å². The van der Waals surface area contributed by atoms with E-state index >= 15 is 0 Å². The Morgan fingerprint density at radius 1 is 1.30 bits per heavy atom. The molecule has 10 heteroatoms. The van der Waals surface area contributed by atoms with Crippen LogP contribution >= 0.6 is 12.4 Å². The van der Waals surface area contributed by atoms with Crippen molar-refractivity contribution in [2.75, 3.05) is 20.1 Å². The lowest BCUT2D eigenvalue weighted by molar-refractivity contribution is -0.140. The van der Waals surface area contributed by atoms with Crippen molar-refractivity contribution in [3.8, 4) is 0 Å². The third kappa shape index (κ3) is 4.34. The van der Waals surface area contributed by atoms with E-state index in [-0.39, 0.29) is 31.5 Å². The van der Waals surface area contributed by atoms with Crippen LogP contribution in [0.2, 0.25) is 0 Å². The Balaban J connectivity index is 0.00000264. The lowest BCUT2D eigenvalue weighted by Gasteiger charge is -2.31. The minimum absolute atomic E-state index is 0. The zero-order chi connectivity index (χ0) is 16.5. The molecule has 0 bridgehead atoms. The van der Waals surface area contributed by atoms with E-state index in [4.69, 9.17) is 0 Å². The van der Waals surface area contributed by atoms with Crippen molar-refractivity contribution in [2.24, 2.45) is 0 Å². The van der Waals surface area contributed by atoms with Crippen LogP contribution in [0.5, 0.6) is 0 Å². The highest BCUT2D eigenvalue weighted by molar-refractivity contribution is 7.89. The van der Waals surface area contributed by atoms with Crippen LogP contribution in [0.25, 0.3) is 0 Å². The molecule has 1 heterocycles. The highest BCUT2D eigenvalue weighted by Gasteiger charge is 2.36. The predicted molar refractivity (Wildman–Crippen MR) is 79.5 cm³/mol. The molecule has 2 rings (SSSR count). The fourth-order valence-electron chi connectivity index (χ4n) is 2.43. The number of sulfonamides is 1. The number of nitrogens with one attached hydrogen (secondary N) is 1. The van der Waals surface area contributed by atoms with Gasteiger partial charge >= 0.3 is 6.18 Å². The number of halogens is 5. The molecule has 23 heavy (non-hydrogen) atoms. The molecule has 0 spiro atoms. The molecular weight excluding hydrogens is 360 g/mol. The summed E-state index contributed by atoms with van der Waals surface area (Å²) in [5, 5.41) is 2.97. The van der Waals surface area contributed by atoms with Gasteiger partial charge in [-0.25, -0.2) is 12.8 Å². The van der Waals surface area contributed by atoms with Gasteiger partial charge in [-0.05, 0) is 38.1 Å². The van der Waals surface area contributed by atoms with E-state index in [1.54, 1.807) is 7.05 Å². The van der Waals surface area contributed by atoms with Crippen LogP contribution in [0.1, 0.15) is 18.4 Å². The van der Waals surface area contributed by atoms with Gasteiger partial charge in [-0.2, -0.15) is 17.5 Å². The third-order valence-corrected chi connectivity index (χ3v) is 5.54. The summed E-state index contributed by atoms with van der Waals surface area (Å²) in [4.78, 5) is -0.463. The number of rotatable bonds is 3. The van der Waals surface area contributed by atoms with Gasteiger partial charge in [0.25, 0.3) is 0 Å². The van der Waals surface area contributed by atoms with Crippen LogP contribution in [0, 0.1) is 5.82 Å². The largest absolute Gasteiger partial charge is 0.419 e. The van der Waals surface area contributed by atoms with E-state index in [1.165, 1.54) is 4.31 Å². The monoisotopic (exact) mass is 376 g/mol. The predicted octanol–water partition coefficient (Wildman–Crippen LogP) is 2.64. The van der Waals surface area contributed by atoms with Crippen molar-refractivity contribution >= 4 is 22.4 Å². The second kappa shape index (κ2) is 7.33. The zero-order valence-corrected chi connectivity index (χ0v) is 13.9. The molecule has 1 saturated heterocycles. The van der Waals surface area contributed by atoms with Gasteiger partial charge in [-0.1, -0.05) is 0 Å². The number of piperidine rings is 1. The normalized spacial score (nSPS) is 20.1. The van der Waals surface area contributed by atoms with Crippen molar-refractivity contribution in [3.05, 3.63) is 29.6 Å². The highest BCUT2D eigenvalue weighted by Crippen LogP contribution is 2.33. The fourth-order valence-corrected chi connectivity index (χ4v) is 3.97. The average molecular weight is 377 g/mol. The van der Waals surface area contributed by atoms with Crippen molar-refractivity contribution in [1.29, 1.82) is 0 Å². The Morgan fingerprint density at radius 3 is 2.48 bits per heavy atom. The van der Waals surface area contributed by atoms with Gasteiger partial charge in [0, 0.05) is 19.1 Å². The molecule has 4 nitrogen and oxygen atoms in total. The molecule has 0 aromatic heterocycles. The van der Waals surface area contributed by atoms with Gasteiger partial charge in [-0.3, -0.25) is 0 Å². The van der Waals surface area contributed by atoms with Crippen molar-refractivity contribution in [3.63, 3.8) is 0 Å². The second-order valence-corrected chi connectivity index (χ2v) is 7.07. The molecule has 1 unspecified atom stereocenters. The van der Waals surface area contributed by atoms with E-state index in [2.05, 4.69) is 5.32 Å². The minimum atomic E-state index is -4.85. The molecule has 0 amide bonds. The Kier molecular flexibility index (Phi) is 6.42. The topological polar surface area (TPSA) is 49.4 Å². The van der Waals surface area contributed by atoms with Crippen LogP contribution in [0.15, 0.2) is 23.1 Å². The van der Waals surface area contributed by atoms with E-state index in [9.17, 15) is 26.0 Å². The van der Waals surface area contributed by atoms with Crippen LogP contribution in [0.4, 0.5) is 17.6 Å². The van der Waals surface area contributed by atoms with Crippen LogP contribution in [-0.4, -0.2) is 38.9 Å². The summed E-state index contributed by atoms with van der Waals surface area (Å²) in [6.45, 7) is 0.477. The van der Waals surface area contributed by atoms with Gasteiger partial charge in [0.1, 0.15) is 5.82 Å². The van der Waals surface area contributed by atoms with Crippen LogP contribution in [0.3, 0.4) is 0 Å². The number of nitrogens with zero attached hydrogens (tertiary/aromatic N) is 1. The lowest BCUT2D eigenvalue weighted by atomic mass is 10.1. The number of hydrogen-bond donors (Lipinski definition) is 1. The lowest BCUT2D eigenvalue weighted by Crippen LogP contribution is -2.46. The van der Waals surface area contributed by atoms with Crippen LogP contribution in [-0.2, 0) is 16.2 Å². The maximum Gasteiger partial charge on any atom is 0.419 e. The van der Waals surface area contributed by atoms with Gasteiger partial charge in [-0.15, -0.1) is 12.4 Å². The fraction of sp³-hybridized carbons (Fsp3) is 0.538. The van der Waals surface area contributed by atoms with Crippen molar-refractivity contribution in [2.45, 2.75) is 30.0 Å². The molecule has 1 aliphatic rings. The number of likely N-dealkylation sites (N-methyl/N-ethyl adjacent to an activating group) is 1. The second-order valence-electron chi connectivity index (χ2n) is 5.13. The number of benzene rings is 1. The Hall–Kier alpha value is -0.900. The molecule has 1 N–H and O–H groups in total. The molecular formula is C13H17ClF4N2O2S. The number of alkyl halides is 3. The smallest absolute Gasteiger partial charge is 0.316 e. The quantitative estimate of drug-likeness (QED) is 0.825.